The number of nitrogens with one attached hydrogen (secondary N) is 1. The van der Waals surface area contributed by atoms with Gasteiger partial charge in [0.1, 0.15) is 29.3 Å². The number of hydrogen-bond acceptors (Lipinski definition) is 6. The fourth-order valence-corrected chi connectivity index (χ4v) is 1.86. The molecule has 2 aromatic rings. The van der Waals surface area contributed by atoms with E-state index in [0.717, 1.165) is 0 Å². The Morgan fingerprint density at radius 1 is 1.35 bits per heavy atom. The van der Waals surface area contributed by atoms with Gasteiger partial charge >= 0.3 is 0 Å². The summed E-state index contributed by atoms with van der Waals surface area (Å²) in [5, 5.41) is 12.2. The molecule has 23 heavy (non-hydrogen) atoms. The molecule has 0 aromatic carbocycles. The number of nitrogen functional groups attached to an aromatic ring is 1. The van der Waals surface area contributed by atoms with Crippen LogP contribution in [0.3, 0.4) is 0 Å². The van der Waals surface area contributed by atoms with Gasteiger partial charge in [0.25, 0.3) is 5.91 Å². The van der Waals surface area contributed by atoms with E-state index >= 15 is 0 Å². The molecule has 118 valence electrons. The zero-order chi connectivity index (χ0) is 17.0. The molecule has 0 bridgehead atoms. The maximum atomic E-state index is 12.2. The summed E-state index contributed by atoms with van der Waals surface area (Å²) >= 11 is 3.24. The van der Waals surface area contributed by atoms with Crippen LogP contribution in [0.5, 0.6) is 0 Å². The van der Waals surface area contributed by atoms with Gasteiger partial charge in [-0.2, -0.15) is 0 Å². The Balaban J connectivity index is 2.21. The summed E-state index contributed by atoms with van der Waals surface area (Å²) in [5.74, 6) is 5.28. The average Bonchev–Trinajstić information content (AvgIpc) is 2.47. The zero-order valence-electron chi connectivity index (χ0n) is 12.5. The second-order valence-electron chi connectivity index (χ2n) is 5.14. The summed E-state index contributed by atoms with van der Waals surface area (Å²) in [4.78, 5) is 24.0. The van der Waals surface area contributed by atoms with Gasteiger partial charge < -0.3 is 16.2 Å². The van der Waals surface area contributed by atoms with Crippen molar-refractivity contribution >= 4 is 33.5 Å². The van der Waals surface area contributed by atoms with E-state index in [0.29, 0.717) is 10.2 Å². The SMILES string of the molecule is CC(C)(O)C#Cc1cc(NC(=O)c2cc(Br)cnc2N)ncn1. The highest BCUT2D eigenvalue weighted by atomic mass is 79.9. The Hall–Kier alpha value is -2.50. The van der Waals surface area contributed by atoms with Gasteiger partial charge in [-0.05, 0) is 41.8 Å². The van der Waals surface area contributed by atoms with Crippen LogP contribution in [-0.2, 0) is 0 Å². The van der Waals surface area contributed by atoms with Gasteiger partial charge in [0.05, 0.1) is 5.56 Å². The summed E-state index contributed by atoms with van der Waals surface area (Å²) in [6.07, 6.45) is 2.77. The third-order valence-corrected chi connectivity index (χ3v) is 2.97. The van der Waals surface area contributed by atoms with Crippen LogP contribution in [0.2, 0.25) is 0 Å². The standard InChI is InChI=1S/C15H14BrN5O2/c1-15(2,23)4-3-10-6-12(20-8-19-10)21-14(22)11-5-9(16)7-18-13(11)17/h5-8,23H,1-2H3,(H2,17,18)(H,19,20,21,22). The van der Waals surface area contributed by atoms with Crippen LogP contribution < -0.4 is 11.1 Å². The van der Waals surface area contributed by atoms with Crippen molar-refractivity contribution in [2.24, 2.45) is 0 Å². The lowest BCUT2D eigenvalue weighted by Gasteiger charge is -2.07. The van der Waals surface area contributed by atoms with Gasteiger partial charge in [-0.1, -0.05) is 5.92 Å². The molecule has 8 heteroatoms. The van der Waals surface area contributed by atoms with Crippen molar-refractivity contribution < 1.29 is 9.90 Å². The van der Waals surface area contributed by atoms with E-state index in [2.05, 4.69) is 48.0 Å². The highest BCUT2D eigenvalue weighted by Crippen LogP contribution is 2.17. The van der Waals surface area contributed by atoms with Crippen molar-refractivity contribution in [2.75, 3.05) is 11.1 Å². The number of aromatic nitrogens is 3. The molecule has 0 aliphatic carbocycles. The normalized spacial score (nSPS) is 10.6. The maximum Gasteiger partial charge on any atom is 0.260 e. The fraction of sp³-hybridized carbons (Fsp3) is 0.200. The quantitative estimate of drug-likeness (QED) is 0.686. The second kappa shape index (κ2) is 6.73. The number of pyridine rings is 1. The van der Waals surface area contributed by atoms with Crippen molar-refractivity contribution in [3.05, 3.63) is 40.4 Å². The minimum Gasteiger partial charge on any atom is -0.383 e. The molecule has 7 nitrogen and oxygen atoms in total. The number of nitrogens with two attached hydrogens (primary N) is 1. The molecule has 2 aromatic heterocycles. The molecule has 2 heterocycles. The van der Waals surface area contributed by atoms with Gasteiger partial charge in [0, 0.05) is 16.7 Å². The first kappa shape index (κ1) is 16.9. The summed E-state index contributed by atoms with van der Waals surface area (Å²) in [7, 11) is 0. The first-order chi connectivity index (χ1) is 10.7. The lowest BCUT2D eigenvalue weighted by molar-refractivity contribution is 0.102. The molecular formula is C15H14BrN5O2. The number of carbonyl (C=O) groups is 1. The first-order valence-electron chi connectivity index (χ1n) is 6.54. The number of rotatable bonds is 2. The molecule has 2 rings (SSSR count). The van der Waals surface area contributed by atoms with Crippen LogP contribution >= 0.6 is 15.9 Å². The molecule has 1 amide bonds. The summed E-state index contributed by atoms with van der Waals surface area (Å²) in [5.41, 5.74) is 5.16. The van der Waals surface area contributed by atoms with Crippen molar-refractivity contribution in [2.45, 2.75) is 19.4 Å². The summed E-state index contributed by atoms with van der Waals surface area (Å²) in [6.45, 7) is 3.12. The third-order valence-electron chi connectivity index (χ3n) is 2.53. The Labute approximate surface area is 141 Å². The molecular weight excluding hydrogens is 362 g/mol. The molecule has 4 N–H and O–H groups in total. The minimum absolute atomic E-state index is 0.113. The Bertz CT molecular complexity index is 805. The van der Waals surface area contributed by atoms with Gasteiger partial charge in [0.2, 0.25) is 0 Å². The predicted octanol–water partition coefficient (Wildman–Crippen LogP) is 1.59. The number of nitrogens with zero attached hydrogens (tertiary/aromatic N) is 3. The summed E-state index contributed by atoms with van der Waals surface area (Å²) < 4.78 is 0.635. The number of hydrogen-bond donors (Lipinski definition) is 3. The molecule has 0 saturated heterocycles. The van der Waals surface area contributed by atoms with E-state index < -0.39 is 11.5 Å². The smallest absolute Gasteiger partial charge is 0.260 e. The lowest BCUT2D eigenvalue weighted by Crippen LogP contribution is -2.16. The van der Waals surface area contributed by atoms with Gasteiger partial charge in [-0.25, -0.2) is 15.0 Å². The lowest BCUT2D eigenvalue weighted by atomic mass is 10.1. The van der Waals surface area contributed by atoms with Crippen molar-refractivity contribution in [1.29, 1.82) is 0 Å². The zero-order valence-corrected chi connectivity index (χ0v) is 14.0. The molecule has 0 saturated carbocycles. The molecule has 0 atom stereocenters. The Kier molecular flexibility index (Phi) is 4.93. The van der Waals surface area contributed by atoms with E-state index in [1.807, 2.05) is 0 Å². The second-order valence-corrected chi connectivity index (χ2v) is 6.05. The van der Waals surface area contributed by atoms with Crippen molar-refractivity contribution in [3.63, 3.8) is 0 Å². The van der Waals surface area contributed by atoms with Gasteiger partial charge in [-0.15, -0.1) is 0 Å². The van der Waals surface area contributed by atoms with Crippen LogP contribution in [-0.4, -0.2) is 31.6 Å². The maximum absolute atomic E-state index is 12.2. The van der Waals surface area contributed by atoms with E-state index in [4.69, 9.17) is 5.73 Å². The number of amides is 1. The molecule has 0 radical (unpaired) electrons. The van der Waals surface area contributed by atoms with Crippen LogP contribution in [0.25, 0.3) is 0 Å². The Morgan fingerprint density at radius 3 is 2.78 bits per heavy atom. The van der Waals surface area contributed by atoms with Crippen LogP contribution in [0, 0.1) is 11.8 Å². The van der Waals surface area contributed by atoms with Gasteiger partial charge in [0.15, 0.2) is 0 Å². The predicted molar refractivity (Wildman–Crippen MR) is 89.5 cm³/mol. The van der Waals surface area contributed by atoms with Crippen LogP contribution in [0.4, 0.5) is 11.6 Å². The van der Waals surface area contributed by atoms with E-state index in [1.165, 1.54) is 18.6 Å². The Morgan fingerprint density at radius 2 is 2.09 bits per heavy atom. The summed E-state index contributed by atoms with van der Waals surface area (Å²) in [6, 6.07) is 3.06. The number of anilines is 2. The van der Waals surface area contributed by atoms with Gasteiger partial charge in [-0.3, -0.25) is 4.79 Å². The van der Waals surface area contributed by atoms with Crippen LogP contribution in [0.15, 0.2) is 29.1 Å². The van der Waals surface area contributed by atoms with Crippen LogP contribution in [0.1, 0.15) is 29.9 Å². The average molecular weight is 376 g/mol. The number of halogens is 1. The van der Waals surface area contributed by atoms with E-state index in [9.17, 15) is 9.90 Å². The monoisotopic (exact) mass is 375 g/mol. The van der Waals surface area contributed by atoms with E-state index in [1.54, 1.807) is 19.9 Å². The third kappa shape index (κ3) is 5.02. The number of carbonyl (C=O) groups excluding carboxylic acids is 1. The first-order valence-corrected chi connectivity index (χ1v) is 7.34. The fourth-order valence-electron chi connectivity index (χ4n) is 1.53. The molecule has 0 aliphatic rings. The highest BCUT2D eigenvalue weighted by molar-refractivity contribution is 9.10. The largest absolute Gasteiger partial charge is 0.383 e. The van der Waals surface area contributed by atoms with E-state index in [-0.39, 0.29) is 17.2 Å². The minimum atomic E-state index is -1.13. The van der Waals surface area contributed by atoms with Crippen molar-refractivity contribution in [1.82, 2.24) is 15.0 Å². The molecule has 0 spiro atoms. The van der Waals surface area contributed by atoms with Crippen molar-refractivity contribution in [3.8, 4) is 11.8 Å². The molecule has 0 aliphatic heterocycles. The molecule has 0 unspecified atom stereocenters. The highest BCUT2D eigenvalue weighted by Gasteiger charge is 2.13. The number of aliphatic hydroxyl groups is 1. The topological polar surface area (TPSA) is 114 Å². The molecule has 0 fully saturated rings.